The molecule has 0 atom stereocenters. The van der Waals surface area contributed by atoms with Crippen molar-refractivity contribution in [2.75, 3.05) is 12.4 Å². The van der Waals surface area contributed by atoms with Crippen LogP contribution in [0.25, 0.3) is 0 Å². The van der Waals surface area contributed by atoms with Crippen molar-refractivity contribution in [1.29, 1.82) is 0 Å². The van der Waals surface area contributed by atoms with Crippen molar-refractivity contribution in [2.24, 2.45) is 11.8 Å². The van der Waals surface area contributed by atoms with Crippen molar-refractivity contribution in [1.82, 2.24) is 0 Å². The Morgan fingerprint density at radius 3 is 2.44 bits per heavy atom. The summed E-state index contributed by atoms with van der Waals surface area (Å²) in [4.78, 5) is 0. The molecule has 0 bridgehead atoms. The lowest BCUT2D eigenvalue weighted by atomic mass is 9.73. The minimum absolute atomic E-state index is 0.597. The SMILES string of the molecule is COc1cc(NC2CC(C(C)C)C2)c(Br)cc1Br. The van der Waals surface area contributed by atoms with Gasteiger partial charge in [-0.3, -0.25) is 0 Å². The van der Waals surface area contributed by atoms with Gasteiger partial charge in [-0.25, -0.2) is 0 Å². The van der Waals surface area contributed by atoms with Gasteiger partial charge in [0, 0.05) is 16.6 Å². The van der Waals surface area contributed by atoms with E-state index < -0.39 is 0 Å². The van der Waals surface area contributed by atoms with E-state index in [9.17, 15) is 0 Å². The second-order valence-corrected chi connectivity index (χ2v) is 6.99. The van der Waals surface area contributed by atoms with E-state index in [0.29, 0.717) is 6.04 Å². The zero-order valence-electron chi connectivity index (χ0n) is 11.0. The number of anilines is 1. The maximum Gasteiger partial charge on any atom is 0.135 e. The average molecular weight is 377 g/mol. The lowest BCUT2D eigenvalue weighted by Gasteiger charge is -2.39. The lowest BCUT2D eigenvalue weighted by Crippen LogP contribution is -2.37. The maximum absolute atomic E-state index is 5.33. The van der Waals surface area contributed by atoms with Gasteiger partial charge in [0.05, 0.1) is 17.3 Å². The molecule has 1 aromatic rings. The smallest absolute Gasteiger partial charge is 0.135 e. The Hall–Kier alpha value is -0.220. The van der Waals surface area contributed by atoms with Crippen LogP contribution < -0.4 is 10.1 Å². The minimum atomic E-state index is 0.597. The van der Waals surface area contributed by atoms with Gasteiger partial charge in [-0.1, -0.05) is 13.8 Å². The Morgan fingerprint density at radius 2 is 1.89 bits per heavy atom. The number of hydrogen-bond donors (Lipinski definition) is 1. The molecule has 0 saturated heterocycles. The van der Waals surface area contributed by atoms with Crippen LogP contribution in [0.5, 0.6) is 5.75 Å². The Balaban J connectivity index is 2.02. The zero-order valence-corrected chi connectivity index (χ0v) is 14.1. The molecular weight excluding hydrogens is 358 g/mol. The van der Waals surface area contributed by atoms with E-state index in [2.05, 4.69) is 51.0 Å². The number of rotatable bonds is 4. The van der Waals surface area contributed by atoms with Crippen LogP contribution in [0.1, 0.15) is 26.7 Å². The number of hydrogen-bond acceptors (Lipinski definition) is 2. The molecule has 1 aliphatic rings. The summed E-state index contributed by atoms with van der Waals surface area (Å²) < 4.78 is 7.37. The fourth-order valence-corrected chi connectivity index (χ4v) is 3.61. The van der Waals surface area contributed by atoms with E-state index in [-0.39, 0.29) is 0 Å². The third-order valence-corrected chi connectivity index (χ3v) is 4.99. The van der Waals surface area contributed by atoms with Gasteiger partial charge in [-0.15, -0.1) is 0 Å². The van der Waals surface area contributed by atoms with E-state index >= 15 is 0 Å². The average Bonchev–Trinajstić information content (AvgIpc) is 2.24. The predicted molar refractivity (Wildman–Crippen MR) is 83.4 cm³/mol. The summed E-state index contributed by atoms with van der Waals surface area (Å²) in [5.41, 5.74) is 1.11. The Bertz CT molecular complexity index is 428. The Morgan fingerprint density at radius 1 is 1.22 bits per heavy atom. The monoisotopic (exact) mass is 375 g/mol. The van der Waals surface area contributed by atoms with Gasteiger partial charge in [0.1, 0.15) is 5.75 Å². The van der Waals surface area contributed by atoms with Gasteiger partial charge in [0.25, 0.3) is 0 Å². The molecule has 1 N–H and O–H groups in total. The van der Waals surface area contributed by atoms with Crippen LogP contribution in [0.15, 0.2) is 21.1 Å². The molecule has 1 fully saturated rings. The lowest BCUT2D eigenvalue weighted by molar-refractivity contribution is 0.211. The highest BCUT2D eigenvalue weighted by Gasteiger charge is 2.31. The summed E-state index contributed by atoms with van der Waals surface area (Å²) in [5, 5.41) is 3.59. The van der Waals surface area contributed by atoms with Crippen molar-refractivity contribution < 1.29 is 4.74 Å². The van der Waals surface area contributed by atoms with Crippen LogP contribution in [0.2, 0.25) is 0 Å². The predicted octanol–water partition coefficient (Wildman–Crippen LogP) is 5.07. The molecule has 0 aromatic heterocycles. The third-order valence-electron chi connectivity index (χ3n) is 3.72. The highest BCUT2D eigenvalue weighted by molar-refractivity contribution is 9.11. The van der Waals surface area contributed by atoms with Crippen molar-refractivity contribution in [2.45, 2.75) is 32.7 Å². The van der Waals surface area contributed by atoms with Crippen LogP contribution in [0, 0.1) is 11.8 Å². The number of methoxy groups -OCH3 is 1. The highest BCUT2D eigenvalue weighted by Crippen LogP contribution is 2.39. The fraction of sp³-hybridized carbons (Fsp3) is 0.571. The standard InChI is InChI=1S/C14H19Br2NO/c1-8(2)9-4-10(5-9)17-13-7-14(18-3)12(16)6-11(13)15/h6-10,17H,4-5H2,1-3H3. The van der Waals surface area contributed by atoms with Gasteiger partial charge >= 0.3 is 0 Å². The molecule has 18 heavy (non-hydrogen) atoms. The van der Waals surface area contributed by atoms with Crippen molar-refractivity contribution in [3.05, 3.63) is 21.1 Å². The summed E-state index contributed by atoms with van der Waals surface area (Å²) in [7, 11) is 1.69. The molecule has 0 radical (unpaired) electrons. The van der Waals surface area contributed by atoms with Crippen LogP contribution >= 0.6 is 31.9 Å². The molecule has 0 amide bonds. The molecule has 0 unspecified atom stereocenters. The largest absolute Gasteiger partial charge is 0.495 e. The van der Waals surface area contributed by atoms with Crippen molar-refractivity contribution >= 4 is 37.5 Å². The normalized spacial score (nSPS) is 22.8. The topological polar surface area (TPSA) is 21.3 Å². The van der Waals surface area contributed by atoms with Crippen molar-refractivity contribution in [3.8, 4) is 5.75 Å². The molecule has 1 saturated carbocycles. The first-order chi connectivity index (χ1) is 8.51. The maximum atomic E-state index is 5.33. The molecule has 2 rings (SSSR count). The first-order valence-electron chi connectivity index (χ1n) is 6.30. The van der Waals surface area contributed by atoms with Crippen LogP contribution in [-0.4, -0.2) is 13.2 Å². The van der Waals surface area contributed by atoms with Gasteiger partial charge < -0.3 is 10.1 Å². The first kappa shape index (κ1) is 14.2. The molecular formula is C14H19Br2NO. The molecule has 4 heteroatoms. The van der Waals surface area contributed by atoms with Gasteiger partial charge in [-0.2, -0.15) is 0 Å². The number of benzene rings is 1. The van der Waals surface area contributed by atoms with E-state index in [0.717, 1.165) is 32.2 Å². The molecule has 0 spiro atoms. The number of ether oxygens (including phenoxy) is 1. The number of halogens is 2. The van der Waals surface area contributed by atoms with Crippen LogP contribution in [0.4, 0.5) is 5.69 Å². The highest BCUT2D eigenvalue weighted by atomic mass is 79.9. The van der Waals surface area contributed by atoms with E-state index in [1.165, 1.54) is 12.8 Å². The fourth-order valence-electron chi connectivity index (χ4n) is 2.34. The number of nitrogens with one attached hydrogen (secondary N) is 1. The van der Waals surface area contributed by atoms with Gasteiger partial charge in [-0.05, 0) is 62.6 Å². The summed E-state index contributed by atoms with van der Waals surface area (Å²) in [5.74, 6) is 2.53. The van der Waals surface area contributed by atoms with Crippen LogP contribution in [-0.2, 0) is 0 Å². The molecule has 1 aromatic carbocycles. The van der Waals surface area contributed by atoms with Gasteiger partial charge in [0.15, 0.2) is 0 Å². The second-order valence-electron chi connectivity index (χ2n) is 5.28. The minimum Gasteiger partial charge on any atom is -0.495 e. The summed E-state index contributed by atoms with van der Waals surface area (Å²) >= 11 is 7.07. The molecule has 0 aliphatic heterocycles. The first-order valence-corrected chi connectivity index (χ1v) is 7.89. The quantitative estimate of drug-likeness (QED) is 0.792. The second kappa shape index (κ2) is 5.83. The van der Waals surface area contributed by atoms with Crippen molar-refractivity contribution in [3.63, 3.8) is 0 Å². The Kier molecular flexibility index (Phi) is 4.59. The molecule has 100 valence electrons. The van der Waals surface area contributed by atoms with E-state index in [4.69, 9.17) is 4.74 Å². The third kappa shape index (κ3) is 3.02. The summed E-state index contributed by atoms with van der Waals surface area (Å²) in [6, 6.07) is 4.66. The summed E-state index contributed by atoms with van der Waals surface area (Å²) in [6.07, 6.45) is 2.53. The van der Waals surface area contributed by atoms with Gasteiger partial charge in [0.2, 0.25) is 0 Å². The zero-order chi connectivity index (χ0) is 13.3. The molecule has 0 heterocycles. The molecule has 1 aliphatic carbocycles. The molecule has 2 nitrogen and oxygen atoms in total. The Labute approximate surface area is 126 Å². The van der Waals surface area contributed by atoms with Crippen LogP contribution in [0.3, 0.4) is 0 Å². The van der Waals surface area contributed by atoms with E-state index in [1.54, 1.807) is 7.11 Å². The summed E-state index contributed by atoms with van der Waals surface area (Å²) in [6.45, 7) is 4.61. The van der Waals surface area contributed by atoms with E-state index in [1.807, 2.05) is 12.1 Å².